The van der Waals surface area contributed by atoms with Crippen LogP contribution in [-0.4, -0.2) is 46.6 Å². The smallest absolute Gasteiger partial charge is 0.180 e. The van der Waals surface area contributed by atoms with Crippen LogP contribution in [0.4, 0.5) is 0 Å². The number of phenols is 2. The quantitative estimate of drug-likeness (QED) is 0.687. The fourth-order valence-electron chi connectivity index (χ4n) is 2.16. The third-order valence-electron chi connectivity index (χ3n) is 3.28. The number of benzene rings is 1. The molecule has 1 saturated heterocycles. The Morgan fingerprint density at radius 1 is 1.33 bits per heavy atom. The van der Waals surface area contributed by atoms with Crippen LogP contribution in [0.25, 0.3) is 0 Å². The molecule has 0 aliphatic carbocycles. The number of phenolic OH excluding ortho intramolecular Hbond substituents is 2. The Labute approximate surface area is 106 Å². The number of aromatic hydroxyl groups is 2. The number of hydrogen-bond donors (Lipinski definition) is 3. The molecule has 4 N–H and O–H groups in total. The standard InChI is InChI=1S/C13H18N2O3/c14-9-3-5-15(6-4-9)8-13(18)11-2-1-10(16)7-12(11)17/h1-2,7,9,16-17H,3-6,8,14H2. The van der Waals surface area contributed by atoms with Crippen LogP contribution >= 0.6 is 0 Å². The lowest BCUT2D eigenvalue weighted by Gasteiger charge is -2.29. The first-order valence-corrected chi connectivity index (χ1v) is 6.09. The summed E-state index contributed by atoms with van der Waals surface area (Å²) in [5.41, 5.74) is 6.05. The molecular weight excluding hydrogens is 232 g/mol. The van der Waals surface area contributed by atoms with Crippen molar-refractivity contribution in [3.63, 3.8) is 0 Å². The highest BCUT2D eigenvalue weighted by atomic mass is 16.3. The van der Waals surface area contributed by atoms with Crippen molar-refractivity contribution in [1.29, 1.82) is 0 Å². The molecular formula is C13H18N2O3. The minimum absolute atomic E-state index is 0.0482. The largest absolute Gasteiger partial charge is 0.508 e. The van der Waals surface area contributed by atoms with Gasteiger partial charge in [-0.25, -0.2) is 0 Å². The molecule has 2 rings (SSSR count). The van der Waals surface area contributed by atoms with Gasteiger partial charge in [-0.15, -0.1) is 0 Å². The Kier molecular flexibility index (Phi) is 3.84. The first-order chi connectivity index (χ1) is 8.56. The van der Waals surface area contributed by atoms with Gasteiger partial charge in [0, 0.05) is 25.2 Å². The van der Waals surface area contributed by atoms with Crippen LogP contribution in [0.3, 0.4) is 0 Å². The predicted molar refractivity (Wildman–Crippen MR) is 67.8 cm³/mol. The molecule has 1 aliphatic heterocycles. The number of piperidine rings is 1. The summed E-state index contributed by atoms with van der Waals surface area (Å²) >= 11 is 0. The van der Waals surface area contributed by atoms with Crippen LogP contribution in [-0.2, 0) is 0 Å². The molecule has 18 heavy (non-hydrogen) atoms. The van der Waals surface area contributed by atoms with E-state index in [0.29, 0.717) is 0 Å². The van der Waals surface area contributed by atoms with E-state index in [2.05, 4.69) is 0 Å². The lowest BCUT2D eigenvalue weighted by atomic mass is 10.0. The minimum atomic E-state index is -0.172. The maximum atomic E-state index is 12.0. The summed E-state index contributed by atoms with van der Waals surface area (Å²) in [6, 6.07) is 4.26. The summed E-state index contributed by atoms with van der Waals surface area (Å²) in [6.45, 7) is 1.91. The van der Waals surface area contributed by atoms with Crippen molar-refractivity contribution in [2.45, 2.75) is 18.9 Å². The van der Waals surface area contributed by atoms with Gasteiger partial charge in [0.2, 0.25) is 0 Å². The Hall–Kier alpha value is -1.59. The molecule has 0 spiro atoms. The van der Waals surface area contributed by atoms with Gasteiger partial charge >= 0.3 is 0 Å². The first-order valence-electron chi connectivity index (χ1n) is 6.09. The van der Waals surface area contributed by atoms with E-state index in [-0.39, 0.29) is 35.4 Å². The maximum Gasteiger partial charge on any atom is 0.180 e. The van der Waals surface area contributed by atoms with Crippen LogP contribution in [0.1, 0.15) is 23.2 Å². The van der Waals surface area contributed by atoms with E-state index in [0.717, 1.165) is 25.9 Å². The summed E-state index contributed by atoms with van der Waals surface area (Å²) in [5, 5.41) is 18.8. The van der Waals surface area contributed by atoms with E-state index in [1.165, 1.54) is 18.2 Å². The number of likely N-dealkylation sites (tertiary alicyclic amines) is 1. The average Bonchev–Trinajstić information content (AvgIpc) is 2.32. The van der Waals surface area contributed by atoms with Crippen molar-refractivity contribution in [3.8, 4) is 11.5 Å². The van der Waals surface area contributed by atoms with Gasteiger partial charge in [0.25, 0.3) is 0 Å². The van der Waals surface area contributed by atoms with Crippen molar-refractivity contribution in [1.82, 2.24) is 4.90 Å². The second kappa shape index (κ2) is 5.37. The number of carbonyl (C=O) groups is 1. The summed E-state index contributed by atoms with van der Waals surface area (Å²) in [6.07, 6.45) is 1.80. The van der Waals surface area contributed by atoms with Gasteiger partial charge in [-0.2, -0.15) is 0 Å². The SMILES string of the molecule is NC1CCN(CC(=O)c2ccc(O)cc2O)CC1. The topological polar surface area (TPSA) is 86.8 Å². The molecule has 0 unspecified atom stereocenters. The van der Waals surface area contributed by atoms with Gasteiger partial charge < -0.3 is 15.9 Å². The van der Waals surface area contributed by atoms with Crippen molar-refractivity contribution in [2.24, 2.45) is 5.73 Å². The Bertz CT molecular complexity index is 440. The second-order valence-corrected chi connectivity index (χ2v) is 4.74. The van der Waals surface area contributed by atoms with Crippen molar-refractivity contribution in [3.05, 3.63) is 23.8 Å². The highest BCUT2D eigenvalue weighted by Crippen LogP contribution is 2.23. The molecule has 5 heteroatoms. The Morgan fingerprint density at radius 3 is 2.61 bits per heavy atom. The summed E-state index contributed by atoms with van der Waals surface area (Å²) < 4.78 is 0. The molecule has 0 saturated carbocycles. The van der Waals surface area contributed by atoms with Crippen molar-refractivity contribution < 1.29 is 15.0 Å². The van der Waals surface area contributed by atoms with E-state index in [1.807, 2.05) is 4.90 Å². The molecule has 0 aromatic heterocycles. The molecule has 1 aromatic carbocycles. The average molecular weight is 250 g/mol. The molecule has 1 fully saturated rings. The predicted octanol–water partition coefficient (Wildman–Crippen LogP) is 0.704. The number of nitrogens with zero attached hydrogens (tertiary/aromatic N) is 1. The maximum absolute atomic E-state index is 12.0. The Balaban J connectivity index is 1.99. The van der Waals surface area contributed by atoms with E-state index in [1.54, 1.807) is 0 Å². The zero-order valence-electron chi connectivity index (χ0n) is 10.2. The zero-order chi connectivity index (χ0) is 13.1. The number of rotatable bonds is 3. The molecule has 0 bridgehead atoms. The number of ketones is 1. The fraction of sp³-hybridized carbons (Fsp3) is 0.462. The monoisotopic (exact) mass is 250 g/mol. The minimum Gasteiger partial charge on any atom is -0.508 e. The summed E-state index contributed by atoms with van der Waals surface area (Å²) in [5.74, 6) is -0.357. The molecule has 1 aliphatic rings. The molecule has 5 nitrogen and oxygen atoms in total. The molecule has 1 heterocycles. The van der Waals surface area contributed by atoms with Crippen LogP contribution in [0.2, 0.25) is 0 Å². The van der Waals surface area contributed by atoms with Crippen molar-refractivity contribution >= 4 is 5.78 Å². The van der Waals surface area contributed by atoms with Crippen molar-refractivity contribution in [2.75, 3.05) is 19.6 Å². The van der Waals surface area contributed by atoms with E-state index in [9.17, 15) is 15.0 Å². The van der Waals surface area contributed by atoms with Gasteiger partial charge in [0.1, 0.15) is 11.5 Å². The van der Waals surface area contributed by atoms with Crippen LogP contribution in [0, 0.1) is 0 Å². The first kappa shape index (κ1) is 12.9. The summed E-state index contributed by atoms with van der Waals surface area (Å²) in [7, 11) is 0. The molecule has 1 aromatic rings. The number of Topliss-reactive ketones (excluding diaryl/α,β-unsaturated/α-hetero) is 1. The lowest BCUT2D eigenvalue weighted by molar-refractivity contribution is 0.0907. The number of carbonyl (C=O) groups excluding carboxylic acids is 1. The molecule has 0 radical (unpaired) electrons. The normalized spacial score (nSPS) is 17.8. The van der Waals surface area contributed by atoms with E-state index < -0.39 is 0 Å². The van der Waals surface area contributed by atoms with Crippen LogP contribution < -0.4 is 5.73 Å². The van der Waals surface area contributed by atoms with Gasteiger partial charge in [0.15, 0.2) is 5.78 Å². The highest BCUT2D eigenvalue weighted by molar-refractivity contribution is 6.00. The third kappa shape index (κ3) is 3.00. The molecule has 0 atom stereocenters. The second-order valence-electron chi connectivity index (χ2n) is 4.74. The lowest BCUT2D eigenvalue weighted by Crippen LogP contribution is -2.41. The van der Waals surface area contributed by atoms with Gasteiger partial charge in [-0.05, 0) is 25.0 Å². The van der Waals surface area contributed by atoms with Gasteiger partial charge in [-0.3, -0.25) is 9.69 Å². The molecule has 98 valence electrons. The van der Waals surface area contributed by atoms with Crippen LogP contribution in [0.5, 0.6) is 11.5 Å². The fourth-order valence-corrected chi connectivity index (χ4v) is 2.16. The number of nitrogens with two attached hydrogens (primary N) is 1. The van der Waals surface area contributed by atoms with E-state index in [4.69, 9.17) is 5.73 Å². The van der Waals surface area contributed by atoms with E-state index >= 15 is 0 Å². The Morgan fingerprint density at radius 2 is 2.00 bits per heavy atom. The highest BCUT2D eigenvalue weighted by Gasteiger charge is 2.20. The summed E-state index contributed by atoms with van der Waals surface area (Å²) in [4.78, 5) is 14.1. The third-order valence-corrected chi connectivity index (χ3v) is 3.28. The zero-order valence-corrected chi connectivity index (χ0v) is 10.2. The van der Waals surface area contributed by atoms with Gasteiger partial charge in [0.05, 0.1) is 12.1 Å². The van der Waals surface area contributed by atoms with Crippen LogP contribution in [0.15, 0.2) is 18.2 Å². The number of hydrogen-bond acceptors (Lipinski definition) is 5. The molecule has 0 amide bonds. The van der Waals surface area contributed by atoms with Gasteiger partial charge in [-0.1, -0.05) is 0 Å².